The Kier molecular flexibility index (Phi) is 5.82. The number of anilines is 1. The molecule has 1 N–H and O–H groups in total. The number of rotatable bonds is 7. The Morgan fingerprint density at radius 2 is 1.78 bits per heavy atom. The number of benzene rings is 2. The van der Waals surface area contributed by atoms with E-state index in [9.17, 15) is 14.9 Å². The molecule has 0 unspecified atom stereocenters. The van der Waals surface area contributed by atoms with Gasteiger partial charge >= 0.3 is 0 Å². The molecule has 0 spiro atoms. The lowest BCUT2D eigenvalue weighted by Gasteiger charge is -2.23. The molecule has 0 saturated carbocycles. The molecule has 0 radical (unpaired) electrons. The molecule has 0 fully saturated rings. The van der Waals surface area contributed by atoms with E-state index in [0.29, 0.717) is 12.1 Å². The third kappa shape index (κ3) is 4.37. The molecule has 0 aliphatic rings. The summed E-state index contributed by atoms with van der Waals surface area (Å²) < 4.78 is 0. The second-order valence-electron chi connectivity index (χ2n) is 5.05. The van der Waals surface area contributed by atoms with Crippen molar-refractivity contribution in [2.75, 3.05) is 25.0 Å². The molecule has 6 heteroatoms. The molecule has 0 bridgehead atoms. The van der Waals surface area contributed by atoms with Gasteiger partial charge in [-0.3, -0.25) is 14.9 Å². The molecule has 2 rings (SSSR count). The smallest absolute Gasteiger partial charge is 0.269 e. The minimum Gasteiger partial charge on any atom is -0.320 e. The van der Waals surface area contributed by atoms with Gasteiger partial charge in [0, 0.05) is 29.9 Å². The van der Waals surface area contributed by atoms with E-state index in [1.54, 1.807) is 4.90 Å². The number of carbonyl (C=O) groups is 1. The average molecular weight is 313 g/mol. The zero-order valence-corrected chi connectivity index (χ0v) is 12.9. The van der Waals surface area contributed by atoms with Gasteiger partial charge in [-0.15, -0.1) is 0 Å². The van der Waals surface area contributed by atoms with Crippen molar-refractivity contribution in [1.29, 1.82) is 0 Å². The summed E-state index contributed by atoms with van der Waals surface area (Å²) in [7, 11) is 1.87. The molecular weight excluding hydrogens is 294 g/mol. The fourth-order valence-electron chi connectivity index (χ4n) is 2.25. The van der Waals surface area contributed by atoms with Gasteiger partial charge < -0.3 is 10.2 Å². The van der Waals surface area contributed by atoms with E-state index in [4.69, 9.17) is 0 Å². The van der Waals surface area contributed by atoms with Gasteiger partial charge in [0.1, 0.15) is 0 Å². The minimum atomic E-state index is -0.476. The highest BCUT2D eigenvalue weighted by molar-refractivity contribution is 6.06. The van der Waals surface area contributed by atoms with Crippen LogP contribution in [0.1, 0.15) is 16.8 Å². The highest BCUT2D eigenvalue weighted by atomic mass is 16.6. The summed E-state index contributed by atoms with van der Waals surface area (Å²) in [5.74, 6) is -0.165. The van der Waals surface area contributed by atoms with Crippen LogP contribution in [0.3, 0.4) is 0 Å². The van der Waals surface area contributed by atoms with Crippen LogP contribution in [-0.2, 0) is 0 Å². The van der Waals surface area contributed by atoms with E-state index in [2.05, 4.69) is 5.32 Å². The van der Waals surface area contributed by atoms with Crippen LogP contribution >= 0.6 is 0 Å². The molecule has 1 amide bonds. The van der Waals surface area contributed by atoms with E-state index >= 15 is 0 Å². The molecule has 2 aromatic carbocycles. The Labute approximate surface area is 134 Å². The van der Waals surface area contributed by atoms with Crippen molar-refractivity contribution in [3.8, 4) is 0 Å². The van der Waals surface area contributed by atoms with Crippen LogP contribution in [0, 0.1) is 10.1 Å². The van der Waals surface area contributed by atoms with Gasteiger partial charge in [0.25, 0.3) is 11.6 Å². The van der Waals surface area contributed by atoms with E-state index < -0.39 is 4.92 Å². The summed E-state index contributed by atoms with van der Waals surface area (Å²) in [6.07, 6.45) is 0.810. The fraction of sp³-hybridized carbons (Fsp3) is 0.235. The largest absolute Gasteiger partial charge is 0.320 e. The van der Waals surface area contributed by atoms with Gasteiger partial charge in [-0.1, -0.05) is 18.2 Å². The number of carbonyl (C=O) groups excluding carboxylic acids is 1. The highest BCUT2D eigenvalue weighted by Gasteiger charge is 2.18. The number of non-ortho nitro benzene ring substituents is 1. The molecule has 6 nitrogen and oxygen atoms in total. The SMILES string of the molecule is CNCCCN(C(=O)c1ccc([N+](=O)[O-])cc1)c1ccccc1. The summed E-state index contributed by atoms with van der Waals surface area (Å²) in [5.41, 5.74) is 1.22. The van der Waals surface area contributed by atoms with Crippen LogP contribution in [-0.4, -0.2) is 31.0 Å². The van der Waals surface area contributed by atoms with Crippen molar-refractivity contribution in [3.63, 3.8) is 0 Å². The first-order chi connectivity index (χ1) is 11.1. The van der Waals surface area contributed by atoms with Crippen LogP contribution in [0.5, 0.6) is 0 Å². The van der Waals surface area contributed by atoms with E-state index in [0.717, 1.165) is 18.7 Å². The number of nitro groups is 1. The van der Waals surface area contributed by atoms with Gasteiger partial charge in [0.15, 0.2) is 0 Å². The predicted octanol–water partition coefficient (Wildman–Crippen LogP) is 2.85. The number of amides is 1. The molecule has 0 aliphatic heterocycles. The Morgan fingerprint density at radius 1 is 1.13 bits per heavy atom. The predicted molar refractivity (Wildman–Crippen MR) is 89.8 cm³/mol. The first-order valence-corrected chi connectivity index (χ1v) is 7.39. The Bertz CT molecular complexity index is 657. The molecule has 2 aromatic rings. The first-order valence-electron chi connectivity index (χ1n) is 7.39. The van der Waals surface area contributed by atoms with Crippen molar-refractivity contribution in [3.05, 3.63) is 70.3 Å². The maximum atomic E-state index is 12.8. The maximum Gasteiger partial charge on any atom is 0.269 e. The number of para-hydroxylation sites is 1. The third-order valence-corrected chi connectivity index (χ3v) is 3.45. The van der Waals surface area contributed by atoms with Gasteiger partial charge in [0.2, 0.25) is 0 Å². The minimum absolute atomic E-state index is 0.0250. The molecule has 0 aromatic heterocycles. The van der Waals surface area contributed by atoms with Crippen LogP contribution in [0.2, 0.25) is 0 Å². The Hall–Kier alpha value is -2.73. The van der Waals surface area contributed by atoms with Crippen molar-refractivity contribution < 1.29 is 9.72 Å². The zero-order chi connectivity index (χ0) is 16.7. The number of hydrogen-bond acceptors (Lipinski definition) is 4. The fourth-order valence-corrected chi connectivity index (χ4v) is 2.25. The summed E-state index contributed by atoms with van der Waals surface area (Å²) in [5, 5.41) is 13.8. The first kappa shape index (κ1) is 16.6. The van der Waals surface area contributed by atoms with Gasteiger partial charge in [-0.2, -0.15) is 0 Å². The maximum absolute atomic E-state index is 12.8. The molecular formula is C17H19N3O3. The van der Waals surface area contributed by atoms with Gasteiger partial charge in [-0.25, -0.2) is 0 Å². The number of nitrogens with one attached hydrogen (secondary N) is 1. The number of nitro benzene ring substituents is 1. The normalized spacial score (nSPS) is 10.3. The second kappa shape index (κ2) is 8.05. The van der Waals surface area contributed by atoms with Crippen LogP contribution in [0.4, 0.5) is 11.4 Å². The molecule has 0 atom stereocenters. The van der Waals surface area contributed by atoms with Crippen LogP contribution in [0.25, 0.3) is 0 Å². The Morgan fingerprint density at radius 3 is 2.35 bits per heavy atom. The molecule has 23 heavy (non-hydrogen) atoms. The number of nitrogens with zero attached hydrogens (tertiary/aromatic N) is 2. The summed E-state index contributed by atoms with van der Waals surface area (Å²) in [6.45, 7) is 1.37. The second-order valence-corrected chi connectivity index (χ2v) is 5.05. The van der Waals surface area contributed by atoms with Crippen LogP contribution in [0.15, 0.2) is 54.6 Å². The third-order valence-electron chi connectivity index (χ3n) is 3.45. The van der Waals surface area contributed by atoms with Crippen molar-refractivity contribution in [1.82, 2.24) is 5.32 Å². The molecule has 0 saturated heterocycles. The van der Waals surface area contributed by atoms with Crippen molar-refractivity contribution in [2.45, 2.75) is 6.42 Å². The van der Waals surface area contributed by atoms with Crippen molar-refractivity contribution in [2.24, 2.45) is 0 Å². The lowest BCUT2D eigenvalue weighted by molar-refractivity contribution is -0.384. The molecule has 0 heterocycles. The zero-order valence-electron chi connectivity index (χ0n) is 12.9. The monoisotopic (exact) mass is 313 g/mol. The molecule has 120 valence electrons. The van der Waals surface area contributed by atoms with Crippen molar-refractivity contribution >= 4 is 17.3 Å². The van der Waals surface area contributed by atoms with Gasteiger partial charge in [-0.05, 0) is 44.3 Å². The lowest BCUT2D eigenvalue weighted by Crippen LogP contribution is -2.33. The van der Waals surface area contributed by atoms with E-state index in [-0.39, 0.29) is 11.6 Å². The molecule has 0 aliphatic carbocycles. The summed E-state index contributed by atoms with van der Waals surface area (Å²) in [6, 6.07) is 15.1. The number of hydrogen-bond donors (Lipinski definition) is 1. The lowest BCUT2D eigenvalue weighted by atomic mass is 10.1. The topological polar surface area (TPSA) is 75.5 Å². The van der Waals surface area contributed by atoms with Gasteiger partial charge in [0.05, 0.1) is 4.92 Å². The van der Waals surface area contributed by atoms with E-state index in [1.165, 1.54) is 24.3 Å². The standard InChI is InChI=1S/C17H19N3O3/c1-18-12-5-13-19(15-6-3-2-4-7-15)17(21)14-8-10-16(11-9-14)20(22)23/h2-4,6-11,18H,5,12-13H2,1H3. The Balaban J connectivity index is 2.23. The van der Waals surface area contributed by atoms with E-state index in [1.807, 2.05) is 37.4 Å². The summed E-state index contributed by atoms with van der Waals surface area (Å²) in [4.78, 5) is 24.7. The average Bonchev–Trinajstić information content (AvgIpc) is 2.59. The quantitative estimate of drug-likeness (QED) is 0.484. The van der Waals surface area contributed by atoms with Crippen LogP contribution < -0.4 is 10.2 Å². The highest BCUT2D eigenvalue weighted by Crippen LogP contribution is 2.19. The summed E-state index contributed by atoms with van der Waals surface area (Å²) >= 11 is 0.